The monoisotopic (exact) mass is 303 g/mol. The zero-order valence-corrected chi connectivity index (χ0v) is 13.2. The van der Waals surface area contributed by atoms with Gasteiger partial charge in [-0.05, 0) is 37.5 Å². The second kappa shape index (κ2) is 6.52. The molecule has 0 unspecified atom stereocenters. The molecule has 21 heavy (non-hydrogen) atoms. The number of halogens is 1. The van der Waals surface area contributed by atoms with E-state index in [2.05, 4.69) is 34.1 Å². The van der Waals surface area contributed by atoms with Crippen LogP contribution in [0.3, 0.4) is 0 Å². The van der Waals surface area contributed by atoms with E-state index in [-0.39, 0.29) is 0 Å². The molecule has 112 valence electrons. The van der Waals surface area contributed by atoms with Crippen molar-refractivity contribution in [2.45, 2.75) is 51.6 Å². The van der Waals surface area contributed by atoms with Crippen LogP contribution >= 0.6 is 11.6 Å². The first kappa shape index (κ1) is 14.5. The molecule has 0 bridgehead atoms. The molecule has 0 atom stereocenters. The highest BCUT2D eigenvalue weighted by Crippen LogP contribution is 2.31. The third kappa shape index (κ3) is 3.59. The number of rotatable bonds is 4. The van der Waals surface area contributed by atoms with Crippen LogP contribution in [0.4, 0.5) is 5.95 Å². The Kier molecular flexibility index (Phi) is 4.49. The Labute approximate surface area is 131 Å². The predicted octanol–water partition coefficient (Wildman–Crippen LogP) is 4.96. The van der Waals surface area contributed by atoms with E-state index in [0.717, 1.165) is 23.2 Å². The van der Waals surface area contributed by atoms with E-state index in [1.165, 1.54) is 37.7 Å². The molecule has 4 heteroatoms. The zero-order chi connectivity index (χ0) is 14.7. The normalized spacial score (nSPS) is 16.1. The van der Waals surface area contributed by atoms with Gasteiger partial charge in [0.05, 0.1) is 5.69 Å². The number of aromatic nitrogens is 2. The summed E-state index contributed by atoms with van der Waals surface area (Å²) < 4.78 is 2.33. The summed E-state index contributed by atoms with van der Waals surface area (Å²) in [5, 5.41) is 4.25. The van der Waals surface area contributed by atoms with Gasteiger partial charge < -0.3 is 9.88 Å². The Morgan fingerprint density at radius 2 is 2.10 bits per heavy atom. The molecule has 0 aliphatic heterocycles. The van der Waals surface area contributed by atoms with Crippen molar-refractivity contribution in [3.8, 4) is 0 Å². The summed E-state index contributed by atoms with van der Waals surface area (Å²) in [6, 6.07) is 8.56. The van der Waals surface area contributed by atoms with E-state index in [9.17, 15) is 0 Å². The van der Waals surface area contributed by atoms with Gasteiger partial charge in [0.2, 0.25) is 5.95 Å². The molecule has 0 radical (unpaired) electrons. The van der Waals surface area contributed by atoms with Gasteiger partial charge in [0.15, 0.2) is 0 Å². The lowest BCUT2D eigenvalue weighted by Gasteiger charge is -2.24. The molecule has 0 amide bonds. The van der Waals surface area contributed by atoms with Gasteiger partial charge in [-0.2, -0.15) is 0 Å². The number of anilines is 1. The molecule has 0 saturated heterocycles. The summed E-state index contributed by atoms with van der Waals surface area (Å²) in [5.74, 6) is 0.986. The summed E-state index contributed by atoms with van der Waals surface area (Å²) in [7, 11) is 0. The summed E-state index contributed by atoms with van der Waals surface area (Å²) in [5.41, 5.74) is 2.26. The molecule has 1 aromatic carbocycles. The van der Waals surface area contributed by atoms with Gasteiger partial charge in [-0.3, -0.25) is 0 Å². The van der Waals surface area contributed by atoms with Crippen LogP contribution < -0.4 is 5.32 Å². The molecule has 1 aliphatic carbocycles. The van der Waals surface area contributed by atoms with E-state index in [4.69, 9.17) is 11.6 Å². The smallest absolute Gasteiger partial charge is 0.203 e. The number of nitrogens with zero attached hydrogens (tertiary/aromatic N) is 2. The van der Waals surface area contributed by atoms with Crippen molar-refractivity contribution in [3.05, 3.63) is 46.7 Å². The fourth-order valence-corrected chi connectivity index (χ4v) is 3.33. The van der Waals surface area contributed by atoms with Crippen LogP contribution in [0.1, 0.15) is 49.4 Å². The lowest BCUT2D eigenvalue weighted by Crippen LogP contribution is -2.15. The topological polar surface area (TPSA) is 29.9 Å². The second-order valence-corrected chi connectivity index (χ2v) is 6.32. The van der Waals surface area contributed by atoms with Crippen LogP contribution in [0.2, 0.25) is 5.02 Å². The highest BCUT2D eigenvalue weighted by atomic mass is 35.5. The maximum absolute atomic E-state index is 6.04. The van der Waals surface area contributed by atoms with Crippen molar-refractivity contribution in [2.75, 3.05) is 5.32 Å². The maximum Gasteiger partial charge on any atom is 0.203 e. The zero-order valence-electron chi connectivity index (χ0n) is 12.5. The van der Waals surface area contributed by atoms with Crippen LogP contribution in [-0.2, 0) is 6.54 Å². The SMILES string of the molecule is Cc1cn(C2CCCCC2)c(NCc2cccc(Cl)c2)n1. The van der Waals surface area contributed by atoms with Crippen molar-refractivity contribution in [2.24, 2.45) is 0 Å². The van der Waals surface area contributed by atoms with Crippen molar-refractivity contribution in [1.29, 1.82) is 0 Å². The standard InChI is InChI=1S/C17H22ClN3/c1-13-12-21(16-8-3-2-4-9-16)17(20-13)19-11-14-6-5-7-15(18)10-14/h5-7,10,12,16H,2-4,8-9,11H2,1H3,(H,19,20). The Hall–Kier alpha value is -1.48. The summed E-state index contributed by atoms with van der Waals surface area (Å²) in [6.45, 7) is 2.81. The Morgan fingerprint density at radius 3 is 2.86 bits per heavy atom. The number of aryl methyl sites for hydroxylation is 1. The first-order chi connectivity index (χ1) is 10.2. The van der Waals surface area contributed by atoms with Gasteiger partial charge in [0.25, 0.3) is 0 Å². The Bertz CT molecular complexity index is 600. The third-order valence-corrected chi connectivity index (χ3v) is 4.40. The van der Waals surface area contributed by atoms with Gasteiger partial charge in [0.1, 0.15) is 0 Å². The third-order valence-electron chi connectivity index (χ3n) is 4.16. The second-order valence-electron chi connectivity index (χ2n) is 5.89. The highest BCUT2D eigenvalue weighted by molar-refractivity contribution is 6.30. The molecule has 0 spiro atoms. The Morgan fingerprint density at radius 1 is 1.29 bits per heavy atom. The van der Waals surface area contributed by atoms with E-state index < -0.39 is 0 Å². The van der Waals surface area contributed by atoms with Crippen LogP contribution in [0.25, 0.3) is 0 Å². The van der Waals surface area contributed by atoms with Crippen molar-refractivity contribution in [3.63, 3.8) is 0 Å². The molecule has 1 aromatic heterocycles. The van der Waals surface area contributed by atoms with E-state index >= 15 is 0 Å². The molecule has 3 rings (SSSR count). The van der Waals surface area contributed by atoms with E-state index in [0.29, 0.717) is 6.04 Å². The Balaban J connectivity index is 1.72. The molecular weight excluding hydrogens is 282 g/mol. The minimum atomic E-state index is 0.599. The summed E-state index contributed by atoms with van der Waals surface area (Å²) in [4.78, 5) is 4.64. The first-order valence-electron chi connectivity index (χ1n) is 7.76. The molecular formula is C17H22ClN3. The van der Waals surface area contributed by atoms with Crippen molar-refractivity contribution < 1.29 is 0 Å². The minimum absolute atomic E-state index is 0.599. The molecule has 1 fully saturated rings. The van der Waals surface area contributed by atoms with Gasteiger partial charge in [-0.15, -0.1) is 0 Å². The molecule has 2 aromatic rings. The summed E-state index contributed by atoms with van der Waals surface area (Å²) >= 11 is 6.04. The van der Waals surface area contributed by atoms with Crippen LogP contribution in [-0.4, -0.2) is 9.55 Å². The van der Waals surface area contributed by atoms with Gasteiger partial charge >= 0.3 is 0 Å². The van der Waals surface area contributed by atoms with Crippen molar-refractivity contribution in [1.82, 2.24) is 9.55 Å². The van der Waals surface area contributed by atoms with Crippen LogP contribution in [0.15, 0.2) is 30.5 Å². The number of benzene rings is 1. The molecule has 1 N–H and O–H groups in total. The van der Waals surface area contributed by atoms with E-state index in [1.54, 1.807) is 0 Å². The maximum atomic E-state index is 6.04. The van der Waals surface area contributed by atoms with Crippen LogP contribution in [0.5, 0.6) is 0 Å². The largest absolute Gasteiger partial charge is 0.352 e. The molecule has 1 heterocycles. The predicted molar refractivity (Wildman–Crippen MR) is 87.9 cm³/mol. The number of imidazole rings is 1. The quantitative estimate of drug-likeness (QED) is 0.865. The number of hydrogen-bond donors (Lipinski definition) is 1. The highest BCUT2D eigenvalue weighted by Gasteiger charge is 2.18. The average molecular weight is 304 g/mol. The van der Waals surface area contributed by atoms with Crippen LogP contribution in [0, 0.1) is 6.92 Å². The van der Waals surface area contributed by atoms with Gasteiger partial charge in [-0.25, -0.2) is 4.98 Å². The fourth-order valence-electron chi connectivity index (χ4n) is 3.11. The first-order valence-corrected chi connectivity index (χ1v) is 8.14. The lowest BCUT2D eigenvalue weighted by atomic mass is 9.95. The molecule has 1 saturated carbocycles. The molecule has 3 nitrogen and oxygen atoms in total. The molecule has 1 aliphatic rings. The number of nitrogens with one attached hydrogen (secondary N) is 1. The minimum Gasteiger partial charge on any atom is -0.352 e. The van der Waals surface area contributed by atoms with Gasteiger partial charge in [-0.1, -0.05) is 43.0 Å². The lowest BCUT2D eigenvalue weighted by molar-refractivity contribution is 0.355. The van der Waals surface area contributed by atoms with E-state index in [1.807, 2.05) is 18.2 Å². The fraction of sp³-hybridized carbons (Fsp3) is 0.471. The number of hydrogen-bond acceptors (Lipinski definition) is 2. The average Bonchev–Trinajstić information content (AvgIpc) is 2.87. The van der Waals surface area contributed by atoms with Crippen molar-refractivity contribution >= 4 is 17.5 Å². The van der Waals surface area contributed by atoms with Gasteiger partial charge in [0, 0.05) is 23.8 Å². The summed E-state index contributed by atoms with van der Waals surface area (Å²) in [6.07, 6.45) is 8.74.